The molecule has 2 atom stereocenters. The second kappa shape index (κ2) is 7.04. The summed E-state index contributed by atoms with van der Waals surface area (Å²) in [5, 5.41) is 6.91. The summed E-state index contributed by atoms with van der Waals surface area (Å²) in [6.07, 6.45) is 3.00. The summed E-state index contributed by atoms with van der Waals surface area (Å²) in [5.74, 6) is -0.133. The van der Waals surface area contributed by atoms with Gasteiger partial charge in [-0.2, -0.15) is 0 Å². The molecule has 0 saturated carbocycles. The molecule has 2 heterocycles. The van der Waals surface area contributed by atoms with Crippen molar-refractivity contribution in [2.24, 2.45) is 0 Å². The third-order valence-electron chi connectivity index (χ3n) is 4.99. The quantitative estimate of drug-likeness (QED) is 0.664. The Kier molecular flexibility index (Phi) is 4.44. The van der Waals surface area contributed by atoms with E-state index in [1.807, 2.05) is 42.6 Å². The topological polar surface area (TPSA) is 74.0 Å². The predicted octanol–water partition coefficient (Wildman–Crippen LogP) is 2.69. The van der Waals surface area contributed by atoms with Crippen molar-refractivity contribution >= 4 is 22.7 Å². The zero-order valence-electron chi connectivity index (χ0n) is 14.4. The van der Waals surface area contributed by atoms with Crippen LogP contribution in [0, 0.1) is 0 Å². The van der Waals surface area contributed by atoms with E-state index >= 15 is 0 Å². The summed E-state index contributed by atoms with van der Waals surface area (Å²) in [6, 6.07) is 17.9. The molecule has 26 heavy (non-hydrogen) atoms. The highest BCUT2D eigenvalue weighted by Crippen LogP contribution is 2.30. The fourth-order valence-electron chi connectivity index (χ4n) is 3.61. The van der Waals surface area contributed by atoms with Gasteiger partial charge in [0.2, 0.25) is 11.8 Å². The molecule has 5 heteroatoms. The molecule has 0 spiro atoms. The zero-order valence-corrected chi connectivity index (χ0v) is 14.4. The average molecular weight is 347 g/mol. The highest BCUT2D eigenvalue weighted by atomic mass is 16.2. The second-order valence-corrected chi connectivity index (χ2v) is 6.66. The molecule has 2 aromatic carbocycles. The second-order valence-electron chi connectivity index (χ2n) is 6.66. The van der Waals surface area contributed by atoms with E-state index in [0.717, 1.165) is 22.0 Å². The number of carbonyl (C=O) groups excluding carboxylic acids is 2. The van der Waals surface area contributed by atoms with Gasteiger partial charge in [0.25, 0.3) is 0 Å². The van der Waals surface area contributed by atoms with E-state index in [1.165, 1.54) is 0 Å². The van der Waals surface area contributed by atoms with Gasteiger partial charge in [-0.15, -0.1) is 0 Å². The Labute approximate surface area is 151 Å². The molecular weight excluding hydrogens is 326 g/mol. The Bertz CT molecular complexity index is 933. The average Bonchev–Trinajstić information content (AvgIpc) is 3.29. The molecule has 1 fully saturated rings. The SMILES string of the molecule is O=C1CC[C@H](C(=O)NCC(c2ccccc2)c2c[nH]c3ccccc23)N1. The molecular formula is C21H21N3O2. The van der Waals surface area contributed by atoms with Gasteiger partial charge in [-0.05, 0) is 23.6 Å². The minimum Gasteiger partial charge on any atom is -0.361 e. The molecule has 0 bridgehead atoms. The Balaban J connectivity index is 1.60. The lowest BCUT2D eigenvalue weighted by Gasteiger charge is -2.19. The summed E-state index contributed by atoms with van der Waals surface area (Å²) in [7, 11) is 0. The first-order valence-corrected chi connectivity index (χ1v) is 8.90. The van der Waals surface area contributed by atoms with Crippen LogP contribution in [0.2, 0.25) is 0 Å². The minimum atomic E-state index is -0.415. The number of hydrogen-bond acceptors (Lipinski definition) is 2. The summed E-state index contributed by atoms with van der Waals surface area (Å²) in [5.41, 5.74) is 3.38. The lowest BCUT2D eigenvalue weighted by molar-refractivity contribution is -0.125. The lowest BCUT2D eigenvalue weighted by atomic mass is 9.91. The number of nitrogens with one attached hydrogen (secondary N) is 3. The normalized spacial score (nSPS) is 17.8. The Morgan fingerprint density at radius 1 is 1.12 bits per heavy atom. The van der Waals surface area contributed by atoms with Gasteiger partial charge in [-0.3, -0.25) is 9.59 Å². The maximum absolute atomic E-state index is 12.4. The number of para-hydroxylation sites is 1. The van der Waals surface area contributed by atoms with Crippen LogP contribution in [0.5, 0.6) is 0 Å². The third kappa shape index (κ3) is 3.20. The molecule has 3 N–H and O–H groups in total. The molecule has 1 aliphatic rings. The van der Waals surface area contributed by atoms with Crippen LogP contribution in [0.4, 0.5) is 0 Å². The van der Waals surface area contributed by atoms with Gasteiger partial charge in [-0.25, -0.2) is 0 Å². The first-order chi connectivity index (χ1) is 12.7. The molecule has 4 rings (SSSR count). The number of H-pyrrole nitrogens is 1. The van der Waals surface area contributed by atoms with E-state index in [1.54, 1.807) is 0 Å². The van der Waals surface area contributed by atoms with Crippen LogP contribution >= 0.6 is 0 Å². The van der Waals surface area contributed by atoms with Crippen molar-refractivity contribution in [3.63, 3.8) is 0 Å². The Hall–Kier alpha value is -3.08. The fraction of sp³-hybridized carbons (Fsp3) is 0.238. The van der Waals surface area contributed by atoms with Crippen molar-refractivity contribution in [3.8, 4) is 0 Å². The van der Waals surface area contributed by atoms with Gasteiger partial charge in [0.15, 0.2) is 0 Å². The molecule has 1 saturated heterocycles. The number of aromatic amines is 1. The molecule has 1 aliphatic heterocycles. The highest BCUT2D eigenvalue weighted by molar-refractivity contribution is 5.91. The van der Waals surface area contributed by atoms with Crippen molar-refractivity contribution < 1.29 is 9.59 Å². The van der Waals surface area contributed by atoms with Crippen LogP contribution < -0.4 is 10.6 Å². The fourth-order valence-corrected chi connectivity index (χ4v) is 3.61. The molecule has 2 amide bonds. The van der Waals surface area contributed by atoms with Crippen molar-refractivity contribution in [2.45, 2.75) is 24.8 Å². The van der Waals surface area contributed by atoms with Crippen molar-refractivity contribution in [2.75, 3.05) is 6.54 Å². The van der Waals surface area contributed by atoms with E-state index in [4.69, 9.17) is 0 Å². The van der Waals surface area contributed by atoms with Gasteiger partial charge in [-0.1, -0.05) is 48.5 Å². The zero-order chi connectivity index (χ0) is 17.9. The smallest absolute Gasteiger partial charge is 0.242 e. The minimum absolute atomic E-state index is 0.0356. The van der Waals surface area contributed by atoms with E-state index in [-0.39, 0.29) is 17.7 Å². The van der Waals surface area contributed by atoms with Crippen molar-refractivity contribution in [1.82, 2.24) is 15.6 Å². The summed E-state index contributed by atoms with van der Waals surface area (Å²) in [4.78, 5) is 27.1. The summed E-state index contributed by atoms with van der Waals surface area (Å²) in [6.45, 7) is 0.483. The summed E-state index contributed by atoms with van der Waals surface area (Å²) < 4.78 is 0. The van der Waals surface area contributed by atoms with Gasteiger partial charge in [0.1, 0.15) is 6.04 Å². The lowest BCUT2D eigenvalue weighted by Crippen LogP contribution is -2.43. The Morgan fingerprint density at radius 3 is 2.65 bits per heavy atom. The standard InChI is InChI=1S/C21H21N3O2/c25-20-11-10-19(24-20)21(26)23-12-16(14-6-2-1-3-7-14)17-13-22-18-9-5-4-8-15(17)18/h1-9,13,16,19,22H,10-12H2,(H,23,26)(H,24,25)/t16?,19-/m1/s1. The monoisotopic (exact) mass is 347 g/mol. The van der Waals surface area contributed by atoms with Crippen LogP contribution in [-0.2, 0) is 9.59 Å². The first kappa shape index (κ1) is 16.4. The van der Waals surface area contributed by atoms with E-state index < -0.39 is 6.04 Å². The number of aromatic nitrogens is 1. The summed E-state index contributed by atoms with van der Waals surface area (Å²) >= 11 is 0. The number of hydrogen-bond donors (Lipinski definition) is 3. The van der Waals surface area contributed by atoms with Crippen LogP contribution in [-0.4, -0.2) is 29.4 Å². The first-order valence-electron chi connectivity index (χ1n) is 8.90. The molecule has 3 aromatic rings. The number of fused-ring (bicyclic) bond motifs is 1. The molecule has 0 aliphatic carbocycles. The van der Waals surface area contributed by atoms with Crippen LogP contribution in [0.3, 0.4) is 0 Å². The van der Waals surface area contributed by atoms with Gasteiger partial charge in [0, 0.05) is 36.0 Å². The number of rotatable bonds is 5. The molecule has 5 nitrogen and oxygen atoms in total. The number of benzene rings is 2. The molecule has 1 aromatic heterocycles. The maximum atomic E-state index is 12.4. The van der Waals surface area contributed by atoms with Crippen molar-refractivity contribution in [3.05, 3.63) is 71.9 Å². The van der Waals surface area contributed by atoms with Crippen LogP contribution in [0.25, 0.3) is 10.9 Å². The predicted molar refractivity (Wildman–Crippen MR) is 101 cm³/mol. The van der Waals surface area contributed by atoms with Gasteiger partial charge < -0.3 is 15.6 Å². The largest absolute Gasteiger partial charge is 0.361 e. The maximum Gasteiger partial charge on any atom is 0.242 e. The van der Waals surface area contributed by atoms with E-state index in [0.29, 0.717) is 19.4 Å². The van der Waals surface area contributed by atoms with Gasteiger partial charge in [0.05, 0.1) is 0 Å². The van der Waals surface area contributed by atoms with Crippen molar-refractivity contribution in [1.29, 1.82) is 0 Å². The van der Waals surface area contributed by atoms with Crippen LogP contribution in [0.1, 0.15) is 29.9 Å². The molecule has 132 valence electrons. The highest BCUT2D eigenvalue weighted by Gasteiger charge is 2.28. The number of amides is 2. The number of carbonyl (C=O) groups is 2. The van der Waals surface area contributed by atoms with Gasteiger partial charge >= 0.3 is 0 Å². The van der Waals surface area contributed by atoms with Crippen LogP contribution in [0.15, 0.2) is 60.8 Å². The van der Waals surface area contributed by atoms with E-state index in [2.05, 4.69) is 33.8 Å². The Morgan fingerprint density at radius 2 is 1.88 bits per heavy atom. The molecule has 1 unspecified atom stereocenters. The van der Waals surface area contributed by atoms with E-state index in [9.17, 15) is 9.59 Å². The third-order valence-corrected chi connectivity index (χ3v) is 4.99. The molecule has 0 radical (unpaired) electrons.